The fourth-order valence-electron chi connectivity index (χ4n) is 3.20. The van der Waals surface area contributed by atoms with Crippen LogP contribution in [0.3, 0.4) is 0 Å². The Morgan fingerprint density at radius 3 is 2.48 bits per heavy atom. The summed E-state index contributed by atoms with van der Waals surface area (Å²) in [6.45, 7) is 0.236. The molecule has 0 saturated heterocycles. The van der Waals surface area contributed by atoms with E-state index in [9.17, 15) is 19.1 Å². The summed E-state index contributed by atoms with van der Waals surface area (Å²) >= 11 is 0. The second-order valence-corrected chi connectivity index (χ2v) is 7.25. The highest BCUT2D eigenvalue weighted by Gasteiger charge is 2.10. The number of halogens is 1. The normalized spacial score (nSPS) is 11.4. The van der Waals surface area contributed by atoms with Crippen molar-refractivity contribution in [2.45, 2.75) is 6.54 Å². The van der Waals surface area contributed by atoms with Gasteiger partial charge < -0.3 is 20.1 Å². The van der Waals surface area contributed by atoms with Crippen LogP contribution in [-0.2, 0) is 6.54 Å². The van der Waals surface area contributed by atoms with Crippen LogP contribution in [0.25, 0.3) is 22.9 Å². The molecule has 0 spiro atoms. The number of carbonyl (C=O) groups excluding carboxylic acids is 1. The van der Waals surface area contributed by atoms with Crippen LogP contribution in [0.15, 0.2) is 71.5 Å². The first kappa shape index (κ1) is 21.8. The Morgan fingerprint density at radius 1 is 1.09 bits per heavy atom. The van der Waals surface area contributed by atoms with Gasteiger partial charge >= 0.3 is 0 Å². The number of nitrogens with zero attached hydrogens (tertiary/aromatic N) is 1. The second-order valence-electron chi connectivity index (χ2n) is 7.25. The summed E-state index contributed by atoms with van der Waals surface area (Å²) in [5.74, 6) is -0.164. The summed E-state index contributed by atoms with van der Waals surface area (Å²) in [7, 11) is 1.55. The summed E-state index contributed by atoms with van der Waals surface area (Å²) < 4.78 is 18.1. The summed E-state index contributed by atoms with van der Waals surface area (Å²) in [4.78, 5) is 32.0. The predicted octanol–water partition coefficient (Wildman–Crippen LogP) is 4.06. The number of hydrogen-bond donors (Lipinski definition) is 3. The van der Waals surface area contributed by atoms with Crippen molar-refractivity contribution in [3.8, 4) is 5.75 Å². The molecule has 4 rings (SSSR count). The van der Waals surface area contributed by atoms with Crippen molar-refractivity contribution in [1.82, 2.24) is 15.3 Å². The van der Waals surface area contributed by atoms with Crippen molar-refractivity contribution in [3.63, 3.8) is 0 Å². The number of rotatable bonds is 6. The first-order chi connectivity index (χ1) is 15.9. The molecule has 0 atom stereocenters. The van der Waals surface area contributed by atoms with E-state index in [-0.39, 0.29) is 29.7 Å². The molecule has 3 aromatic carbocycles. The number of benzene rings is 3. The molecule has 4 aromatic rings. The van der Waals surface area contributed by atoms with Gasteiger partial charge in [0.05, 0.1) is 18.1 Å². The van der Waals surface area contributed by atoms with Gasteiger partial charge in [0, 0.05) is 23.7 Å². The molecule has 0 radical (unpaired) electrons. The highest BCUT2D eigenvalue weighted by atomic mass is 19.1. The van der Waals surface area contributed by atoms with Gasteiger partial charge in [-0.05, 0) is 60.2 Å². The standard InChI is InChI=1S/C25H20FN3O4/c1-33-19-9-4-16(5-10-19)23(30)13-22-25(32)29-21-12-17(6-11-20(21)28-22)24(31)27-14-15-2-7-18(26)8-3-15/h2-13,30H,14H2,1H3,(H,27,31)(H,29,32). The number of methoxy groups -OCH3 is 1. The zero-order valence-corrected chi connectivity index (χ0v) is 17.6. The van der Waals surface area contributed by atoms with Crippen LogP contribution in [-0.4, -0.2) is 28.1 Å². The highest BCUT2D eigenvalue weighted by molar-refractivity contribution is 5.97. The molecule has 1 heterocycles. The Bertz CT molecular complexity index is 1390. The minimum absolute atomic E-state index is 0.0318. The largest absolute Gasteiger partial charge is 0.507 e. The molecule has 0 bridgehead atoms. The number of amides is 1. The van der Waals surface area contributed by atoms with Gasteiger partial charge in [-0.15, -0.1) is 0 Å². The number of carbonyl (C=O) groups is 1. The summed E-state index contributed by atoms with van der Waals surface area (Å²) in [5, 5.41) is 13.1. The van der Waals surface area contributed by atoms with Crippen LogP contribution < -0.4 is 15.6 Å². The number of fused-ring (bicyclic) bond motifs is 1. The summed E-state index contributed by atoms with van der Waals surface area (Å²) in [5.41, 5.74) is 1.97. The second kappa shape index (κ2) is 9.35. The quantitative estimate of drug-likeness (QED) is 0.388. The maximum Gasteiger partial charge on any atom is 0.274 e. The molecular formula is C25H20FN3O4. The van der Waals surface area contributed by atoms with Gasteiger partial charge in [0.1, 0.15) is 23.0 Å². The molecule has 166 valence electrons. The van der Waals surface area contributed by atoms with E-state index in [0.717, 1.165) is 5.56 Å². The average molecular weight is 445 g/mol. The number of H-pyrrole nitrogens is 1. The lowest BCUT2D eigenvalue weighted by Gasteiger charge is -2.07. The van der Waals surface area contributed by atoms with Crippen LogP contribution in [0.4, 0.5) is 4.39 Å². The first-order valence-corrected chi connectivity index (χ1v) is 10.0. The van der Waals surface area contributed by atoms with Crippen molar-refractivity contribution >= 4 is 28.8 Å². The topological polar surface area (TPSA) is 104 Å². The average Bonchev–Trinajstić information content (AvgIpc) is 2.83. The fourth-order valence-corrected chi connectivity index (χ4v) is 3.20. The van der Waals surface area contributed by atoms with E-state index >= 15 is 0 Å². The molecule has 1 amide bonds. The van der Waals surface area contributed by atoms with Crippen molar-refractivity contribution in [2.24, 2.45) is 0 Å². The molecule has 0 saturated carbocycles. The maximum absolute atomic E-state index is 13.0. The Morgan fingerprint density at radius 2 is 1.79 bits per heavy atom. The lowest BCUT2D eigenvalue weighted by molar-refractivity contribution is 0.0951. The lowest BCUT2D eigenvalue weighted by Crippen LogP contribution is -2.23. The number of hydrogen-bond acceptors (Lipinski definition) is 5. The molecule has 0 aliphatic heterocycles. The molecule has 0 aliphatic carbocycles. The van der Waals surface area contributed by atoms with Crippen LogP contribution in [0, 0.1) is 5.82 Å². The van der Waals surface area contributed by atoms with Gasteiger partial charge in [0.25, 0.3) is 11.5 Å². The molecule has 0 aliphatic rings. The van der Waals surface area contributed by atoms with Crippen molar-refractivity contribution < 1.29 is 19.0 Å². The van der Waals surface area contributed by atoms with Crippen LogP contribution in [0.1, 0.15) is 27.2 Å². The number of ether oxygens (including phenoxy) is 1. The van der Waals surface area contributed by atoms with E-state index in [2.05, 4.69) is 15.3 Å². The number of aromatic amines is 1. The Labute approximate surface area is 188 Å². The van der Waals surface area contributed by atoms with Gasteiger partial charge in [0.15, 0.2) is 0 Å². The molecular weight excluding hydrogens is 425 g/mol. The van der Waals surface area contributed by atoms with Gasteiger partial charge in [-0.25, -0.2) is 9.37 Å². The molecule has 0 unspecified atom stereocenters. The smallest absolute Gasteiger partial charge is 0.274 e. The number of nitrogens with one attached hydrogen (secondary N) is 2. The Balaban J connectivity index is 1.54. The van der Waals surface area contributed by atoms with Crippen molar-refractivity contribution in [3.05, 3.63) is 105 Å². The third kappa shape index (κ3) is 5.07. The maximum atomic E-state index is 13.0. The van der Waals surface area contributed by atoms with E-state index in [0.29, 0.717) is 27.9 Å². The number of aromatic nitrogens is 2. The number of aliphatic hydroxyl groups is 1. The molecule has 7 nitrogen and oxygen atoms in total. The molecule has 0 fully saturated rings. The van der Waals surface area contributed by atoms with Crippen LogP contribution in [0.5, 0.6) is 5.75 Å². The predicted molar refractivity (Wildman–Crippen MR) is 123 cm³/mol. The molecule has 1 aromatic heterocycles. The Kier molecular flexibility index (Phi) is 6.17. The fraction of sp³-hybridized carbons (Fsp3) is 0.0800. The number of aliphatic hydroxyl groups excluding tert-OH is 1. The van der Waals surface area contributed by atoms with Crippen LogP contribution in [0.2, 0.25) is 0 Å². The minimum atomic E-state index is -0.508. The summed E-state index contributed by atoms with van der Waals surface area (Å²) in [6.07, 6.45) is 1.28. The third-order valence-electron chi connectivity index (χ3n) is 5.01. The SMILES string of the molecule is COc1ccc(C(O)=Cc2nc3ccc(C(=O)NCc4ccc(F)cc4)cc3[nH]c2=O)cc1. The van der Waals surface area contributed by atoms with Gasteiger partial charge in [-0.3, -0.25) is 9.59 Å². The van der Waals surface area contributed by atoms with E-state index in [1.165, 1.54) is 24.3 Å². The van der Waals surface area contributed by atoms with E-state index in [4.69, 9.17) is 4.74 Å². The molecule has 3 N–H and O–H groups in total. The lowest BCUT2D eigenvalue weighted by atomic mass is 10.1. The highest BCUT2D eigenvalue weighted by Crippen LogP contribution is 2.19. The third-order valence-corrected chi connectivity index (χ3v) is 5.01. The van der Waals surface area contributed by atoms with E-state index in [1.54, 1.807) is 55.6 Å². The van der Waals surface area contributed by atoms with Crippen molar-refractivity contribution in [2.75, 3.05) is 7.11 Å². The molecule has 33 heavy (non-hydrogen) atoms. The summed E-state index contributed by atoms with van der Waals surface area (Å²) in [6, 6.07) is 17.3. The van der Waals surface area contributed by atoms with Gasteiger partial charge in [0.2, 0.25) is 0 Å². The van der Waals surface area contributed by atoms with Gasteiger partial charge in [-0.2, -0.15) is 0 Å². The first-order valence-electron chi connectivity index (χ1n) is 10.0. The monoisotopic (exact) mass is 445 g/mol. The van der Waals surface area contributed by atoms with Gasteiger partial charge in [-0.1, -0.05) is 12.1 Å². The van der Waals surface area contributed by atoms with E-state index in [1.807, 2.05) is 0 Å². The van der Waals surface area contributed by atoms with E-state index < -0.39 is 5.56 Å². The van der Waals surface area contributed by atoms with Crippen molar-refractivity contribution in [1.29, 1.82) is 0 Å². The Hall–Kier alpha value is -4.46. The van der Waals surface area contributed by atoms with Crippen LogP contribution >= 0.6 is 0 Å². The zero-order chi connectivity index (χ0) is 23.4. The zero-order valence-electron chi connectivity index (χ0n) is 17.6. The minimum Gasteiger partial charge on any atom is -0.507 e. The molecule has 8 heteroatoms.